The quantitative estimate of drug-likeness (QED) is 0.825. The molecular formula is C20H28N4O2S. The second-order valence-corrected chi connectivity index (χ2v) is 8.55. The predicted molar refractivity (Wildman–Crippen MR) is 105 cm³/mol. The Morgan fingerprint density at radius 3 is 3.11 bits per heavy atom. The summed E-state index contributed by atoms with van der Waals surface area (Å²) in [6.45, 7) is 7.06. The first-order valence-corrected chi connectivity index (χ1v) is 10.8. The Hall–Kier alpha value is -1.70. The molecule has 2 aliphatic heterocycles. The molecular weight excluding hydrogens is 360 g/mol. The largest absolute Gasteiger partial charge is 0.373 e. The van der Waals surface area contributed by atoms with Crippen LogP contribution in [0.1, 0.15) is 59.9 Å². The number of fused-ring (bicyclic) bond motifs is 1. The van der Waals surface area contributed by atoms with Gasteiger partial charge in [0.1, 0.15) is 0 Å². The average Bonchev–Trinajstić information content (AvgIpc) is 3.33. The zero-order valence-corrected chi connectivity index (χ0v) is 16.8. The molecule has 4 heterocycles. The lowest BCUT2D eigenvalue weighted by molar-refractivity contribution is -0.120. The number of nitrogens with zero attached hydrogens (tertiary/aromatic N) is 3. The molecule has 2 aromatic heterocycles. The summed E-state index contributed by atoms with van der Waals surface area (Å²) in [5.41, 5.74) is 2.18. The highest BCUT2D eigenvalue weighted by atomic mass is 32.1. The van der Waals surface area contributed by atoms with Gasteiger partial charge in [-0.3, -0.25) is 14.4 Å². The molecule has 7 heteroatoms. The smallest absolute Gasteiger partial charge is 0.220 e. The number of carbonyl (C=O) groups excluding carboxylic acids is 1. The third-order valence-electron chi connectivity index (χ3n) is 5.27. The summed E-state index contributed by atoms with van der Waals surface area (Å²) in [6, 6.07) is 6.63. The zero-order chi connectivity index (χ0) is 18.6. The number of hydrogen-bond acceptors (Lipinski definition) is 5. The number of aromatic nitrogens is 2. The highest BCUT2D eigenvalue weighted by Crippen LogP contribution is 2.33. The number of rotatable bonds is 6. The van der Waals surface area contributed by atoms with Crippen molar-refractivity contribution in [1.29, 1.82) is 0 Å². The molecule has 1 unspecified atom stereocenters. The first-order chi connectivity index (χ1) is 13.2. The molecule has 27 heavy (non-hydrogen) atoms. The van der Waals surface area contributed by atoms with Crippen LogP contribution < -0.4 is 5.32 Å². The minimum absolute atomic E-state index is 0.0676. The van der Waals surface area contributed by atoms with Crippen molar-refractivity contribution in [2.45, 2.75) is 64.9 Å². The third-order valence-corrected chi connectivity index (χ3v) is 6.44. The first kappa shape index (κ1) is 18.7. The number of thiophene rings is 1. The van der Waals surface area contributed by atoms with E-state index in [1.165, 1.54) is 28.3 Å². The Balaban J connectivity index is 1.33. The Morgan fingerprint density at radius 2 is 2.30 bits per heavy atom. The second kappa shape index (κ2) is 8.54. The SMILES string of the molecule is CCC(=O)NCc1cc2n(n1)CCN(Cc1ccc(C3CCCCO3)s1)C2. The van der Waals surface area contributed by atoms with Crippen LogP contribution in [0.5, 0.6) is 0 Å². The molecule has 2 aliphatic rings. The summed E-state index contributed by atoms with van der Waals surface area (Å²) < 4.78 is 8.00. The molecule has 1 fully saturated rings. The van der Waals surface area contributed by atoms with Crippen molar-refractivity contribution in [3.05, 3.63) is 39.3 Å². The Labute approximate surface area is 164 Å². The van der Waals surface area contributed by atoms with E-state index >= 15 is 0 Å². The summed E-state index contributed by atoms with van der Waals surface area (Å²) in [4.78, 5) is 16.7. The fourth-order valence-corrected chi connectivity index (χ4v) is 4.89. The van der Waals surface area contributed by atoms with Crippen molar-refractivity contribution >= 4 is 17.2 Å². The minimum Gasteiger partial charge on any atom is -0.373 e. The molecule has 1 amide bonds. The van der Waals surface area contributed by atoms with Gasteiger partial charge in [-0.15, -0.1) is 11.3 Å². The maximum absolute atomic E-state index is 11.4. The fraction of sp³-hybridized carbons (Fsp3) is 0.600. The van der Waals surface area contributed by atoms with E-state index in [0.717, 1.165) is 44.9 Å². The summed E-state index contributed by atoms with van der Waals surface area (Å²) in [7, 11) is 0. The summed E-state index contributed by atoms with van der Waals surface area (Å²) in [6.07, 6.45) is 4.44. The van der Waals surface area contributed by atoms with Gasteiger partial charge in [0.05, 0.1) is 30.6 Å². The van der Waals surface area contributed by atoms with Crippen molar-refractivity contribution in [2.24, 2.45) is 0 Å². The van der Waals surface area contributed by atoms with Crippen molar-refractivity contribution in [1.82, 2.24) is 20.0 Å². The van der Waals surface area contributed by atoms with Crippen LogP contribution in [-0.2, 0) is 35.7 Å². The van der Waals surface area contributed by atoms with Gasteiger partial charge >= 0.3 is 0 Å². The van der Waals surface area contributed by atoms with E-state index in [1.54, 1.807) is 0 Å². The molecule has 0 bridgehead atoms. The summed E-state index contributed by atoms with van der Waals surface area (Å²) in [5.74, 6) is 0.0676. The van der Waals surface area contributed by atoms with Crippen molar-refractivity contribution in [3.8, 4) is 0 Å². The molecule has 0 aliphatic carbocycles. The molecule has 0 spiro atoms. The van der Waals surface area contributed by atoms with Gasteiger partial charge in [-0.05, 0) is 37.5 Å². The minimum atomic E-state index is 0.0676. The molecule has 146 valence electrons. The molecule has 1 saturated heterocycles. The lowest BCUT2D eigenvalue weighted by Crippen LogP contribution is -2.33. The van der Waals surface area contributed by atoms with Gasteiger partial charge in [0, 0.05) is 42.4 Å². The third kappa shape index (κ3) is 4.59. The van der Waals surface area contributed by atoms with E-state index in [0.29, 0.717) is 19.1 Å². The highest BCUT2D eigenvalue weighted by molar-refractivity contribution is 7.12. The number of nitrogens with one attached hydrogen (secondary N) is 1. The van der Waals surface area contributed by atoms with Crippen LogP contribution in [-0.4, -0.2) is 33.7 Å². The van der Waals surface area contributed by atoms with Gasteiger partial charge < -0.3 is 10.1 Å². The van der Waals surface area contributed by atoms with Crippen LogP contribution >= 0.6 is 11.3 Å². The number of carbonyl (C=O) groups is 1. The number of amides is 1. The van der Waals surface area contributed by atoms with Gasteiger partial charge in [0.25, 0.3) is 0 Å². The summed E-state index contributed by atoms with van der Waals surface area (Å²) >= 11 is 1.90. The first-order valence-electron chi connectivity index (χ1n) is 9.96. The van der Waals surface area contributed by atoms with Gasteiger partial charge in [0.2, 0.25) is 5.91 Å². The molecule has 4 rings (SSSR count). The number of hydrogen-bond donors (Lipinski definition) is 1. The monoisotopic (exact) mass is 388 g/mol. The number of ether oxygens (including phenoxy) is 1. The van der Waals surface area contributed by atoms with E-state index < -0.39 is 0 Å². The second-order valence-electron chi connectivity index (χ2n) is 7.35. The van der Waals surface area contributed by atoms with Gasteiger partial charge in [0.15, 0.2) is 0 Å². The molecule has 0 aromatic carbocycles. The average molecular weight is 389 g/mol. The normalized spacial score (nSPS) is 20.4. The van der Waals surface area contributed by atoms with E-state index in [-0.39, 0.29) is 5.91 Å². The lowest BCUT2D eigenvalue weighted by atomic mass is 10.1. The van der Waals surface area contributed by atoms with Crippen LogP contribution in [0.3, 0.4) is 0 Å². The molecule has 0 saturated carbocycles. The maximum Gasteiger partial charge on any atom is 0.220 e. The van der Waals surface area contributed by atoms with Crippen molar-refractivity contribution in [2.75, 3.05) is 13.2 Å². The van der Waals surface area contributed by atoms with Crippen LogP contribution in [0.15, 0.2) is 18.2 Å². The van der Waals surface area contributed by atoms with E-state index in [2.05, 4.69) is 38.2 Å². The van der Waals surface area contributed by atoms with Gasteiger partial charge in [-0.2, -0.15) is 5.10 Å². The van der Waals surface area contributed by atoms with E-state index in [9.17, 15) is 4.79 Å². The predicted octanol–water partition coefficient (Wildman–Crippen LogP) is 3.23. The van der Waals surface area contributed by atoms with E-state index in [1.807, 2.05) is 18.3 Å². The standard InChI is InChI=1S/C20H28N4O2S/c1-2-20(25)21-12-15-11-16-13-23(8-9-24(16)22-15)14-17-6-7-19(27-17)18-5-3-4-10-26-18/h6-7,11,18H,2-5,8-10,12-14H2,1H3,(H,21,25). The molecule has 0 radical (unpaired) electrons. The zero-order valence-electron chi connectivity index (χ0n) is 15.9. The molecule has 1 atom stereocenters. The highest BCUT2D eigenvalue weighted by Gasteiger charge is 2.21. The van der Waals surface area contributed by atoms with Crippen LogP contribution in [0.2, 0.25) is 0 Å². The topological polar surface area (TPSA) is 59.4 Å². The van der Waals surface area contributed by atoms with Crippen LogP contribution in [0.25, 0.3) is 0 Å². The Morgan fingerprint density at radius 1 is 1.37 bits per heavy atom. The van der Waals surface area contributed by atoms with Gasteiger partial charge in [-0.1, -0.05) is 6.92 Å². The lowest BCUT2D eigenvalue weighted by Gasteiger charge is -2.27. The Bertz CT molecular complexity index is 779. The maximum atomic E-state index is 11.4. The summed E-state index contributed by atoms with van der Waals surface area (Å²) in [5, 5.41) is 7.53. The molecule has 6 nitrogen and oxygen atoms in total. The van der Waals surface area contributed by atoms with Crippen molar-refractivity contribution in [3.63, 3.8) is 0 Å². The molecule has 2 aromatic rings. The molecule has 1 N–H and O–H groups in total. The Kier molecular flexibility index (Phi) is 5.90. The van der Waals surface area contributed by atoms with Gasteiger partial charge in [-0.25, -0.2) is 0 Å². The van der Waals surface area contributed by atoms with E-state index in [4.69, 9.17) is 4.74 Å². The van der Waals surface area contributed by atoms with Crippen molar-refractivity contribution < 1.29 is 9.53 Å². The fourth-order valence-electron chi connectivity index (χ4n) is 3.75. The van der Waals surface area contributed by atoms with Crippen LogP contribution in [0, 0.1) is 0 Å². The van der Waals surface area contributed by atoms with Crippen LogP contribution in [0.4, 0.5) is 0 Å².